The maximum absolute atomic E-state index is 5.40. The molecule has 1 unspecified atom stereocenters. The minimum absolute atomic E-state index is 0. The van der Waals surface area contributed by atoms with E-state index in [2.05, 4.69) is 168 Å². The fraction of sp³-hybridized carbons (Fsp3) is 0.220. The van der Waals surface area contributed by atoms with Crippen LogP contribution in [0.1, 0.15) is 18.1 Å². The normalized spacial score (nSPS) is 14.9. The van der Waals surface area contributed by atoms with Crippen LogP contribution in [0.15, 0.2) is 142 Å². The average molecular weight is 965 g/mol. The van der Waals surface area contributed by atoms with Gasteiger partial charge in [-0.25, -0.2) is 0 Å². The van der Waals surface area contributed by atoms with Crippen molar-refractivity contribution in [1.82, 2.24) is 0 Å². The molecule has 0 spiro atoms. The zero-order valence-corrected chi connectivity index (χ0v) is 40.9. The van der Waals surface area contributed by atoms with Crippen molar-refractivity contribution in [2.45, 2.75) is 52.2 Å². The zero-order chi connectivity index (χ0) is 31.9. The van der Waals surface area contributed by atoms with Crippen molar-refractivity contribution in [2.75, 3.05) is 6.61 Å². The van der Waals surface area contributed by atoms with Gasteiger partial charge in [-0.2, -0.15) is 12.1 Å². The molecule has 2 aliphatic carbocycles. The van der Waals surface area contributed by atoms with Crippen LogP contribution in [0, 0.1) is 13.8 Å². The van der Waals surface area contributed by atoms with E-state index in [4.69, 9.17) is 4.74 Å². The smallest absolute Gasteiger partial charge is 1.00 e. The van der Waals surface area contributed by atoms with Gasteiger partial charge in [0, 0.05) is 32.5 Å². The molecule has 4 aromatic carbocycles. The van der Waals surface area contributed by atoms with Gasteiger partial charge in [-0.1, -0.05) is 75.7 Å². The number of benzene rings is 2. The molecule has 262 valence electrons. The third-order valence-electron chi connectivity index (χ3n) is 7.56. The molecule has 1 atom stereocenters. The predicted octanol–water partition coefficient (Wildman–Crippen LogP) is -1.34. The summed E-state index contributed by atoms with van der Waals surface area (Å²) in [5.74, 6) is 1.06. The predicted molar refractivity (Wildman–Crippen MR) is 207 cm³/mol. The number of aryl methyl sites for hydroxylation is 2. The molecule has 0 bridgehead atoms. The number of allylic oxidation sites excluding steroid dienone is 7. The van der Waals surface area contributed by atoms with Gasteiger partial charge in [0.2, 0.25) is 0 Å². The fourth-order valence-corrected chi connectivity index (χ4v) is 9.41. The first-order chi connectivity index (χ1) is 21.6. The second-order valence-corrected chi connectivity index (χ2v) is 18.7. The standard InChI is InChI=1S/C11H14SSi.C10H12OSi.2C10H9.4ClH.2Zr/c1-8-4-9-6-10(7-13(2)3)12-11(9)5-8;1-12(2)7-8-5-9-3-4-11-10(9)6-8;2*1-8-6-9-4-2-3-5-10(9)7-8;;;;;;/h4-7,10H,1-3H3;3,5-7H,4H2,1-2H3;2*2-7H,1H3;4*1H;;/q;;2*-1;;;;;2*+4/p-4. The summed E-state index contributed by atoms with van der Waals surface area (Å²) in [5.41, 5.74) is 13.0. The van der Waals surface area contributed by atoms with Crippen LogP contribution in [0.3, 0.4) is 0 Å². The van der Waals surface area contributed by atoms with Gasteiger partial charge in [0.15, 0.2) is 0 Å². The number of halogens is 4. The molecule has 4 aromatic rings. The van der Waals surface area contributed by atoms with Crippen LogP contribution in [-0.4, -0.2) is 40.0 Å². The summed E-state index contributed by atoms with van der Waals surface area (Å²) in [6.07, 6.45) is 13.4. The van der Waals surface area contributed by atoms with Gasteiger partial charge in [-0.05, 0) is 47.9 Å². The summed E-state index contributed by atoms with van der Waals surface area (Å²) in [7, 11) is -0.468. The van der Waals surface area contributed by atoms with Crippen LogP contribution in [0.25, 0.3) is 21.5 Å². The number of thioether (sulfide) groups is 1. The van der Waals surface area contributed by atoms with Crippen molar-refractivity contribution < 1.29 is 107 Å². The van der Waals surface area contributed by atoms with E-state index in [0.29, 0.717) is 5.25 Å². The van der Waals surface area contributed by atoms with Gasteiger partial charge >= 0.3 is 52.4 Å². The molecule has 1 nitrogen and oxygen atoms in total. The van der Waals surface area contributed by atoms with E-state index in [0.717, 1.165) is 12.4 Å². The first-order valence-corrected chi connectivity index (χ1v) is 21.8. The molecule has 0 fully saturated rings. The fourth-order valence-electron chi connectivity index (χ4n) is 5.71. The van der Waals surface area contributed by atoms with E-state index in [1.165, 1.54) is 59.9 Å². The Kier molecular flexibility index (Phi) is 26.2. The van der Waals surface area contributed by atoms with Crippen LogP contribution >= 0.6 is 11.8 Å². The Bertz CT molecular complexity index is 1830. The molecule has 2 aliphatic heterocycles. The van der Waals surface area contributed by atoms with E-state index in [1.807, 2.05) is 11.8 Å². The molecule has 4 aliphatic rings. The Morgan fingerprint density at radius 1 is 0.706 bits per heavy atom. The number of hydrogen-bond acceptors (Lipinski definition) is 2. The summed E-state index contributed by atoms with van der Waals surface area (Å²) in [4.78, 5) is 1.47. The molecule has 0 aromatic heterocycles. The molecule has 10 heteroatoms. The summed E-state index contributed by atoms with van der Waals surface area (Å²) < 4.78 is 5.40. The van der Waals surface area contributed by atoms with Gasteiger partial charge in [-0.3, -0.25) is 0 Å². The van der Waals surface area contributed by atoms with Gasteiger partial charge in [-0.15, -0.1) is 93.0 Å². The van der Waals surface area contributed by atoms with E-state index in [9.17, 15) is 0 Å². The Labute approximate surface area is 376 Å². The van der Waals surface area contributed by atoms with Crippen molar-refractivity contribution in [3.05, 3.63) is 153 Å². The third kappa shape index (κ3) is 15.9. The van der Waals surface area contributed by atoms with E-state index >= 15 is 0 Å². The number of rotatable bonds is 2. The molecule has 2 heterocycles. The largest absolute Gasteiger partial charge is 4.00 e. The van der Waals surface area contributed by atoms with Gasteiger partial charge in [0.25, 0.3) is 0 Å². The topological polar surface area (TPSA) is 9.23 Å². The number of hydrogen-bond donors (Lipinski definition) is 0. The van der Waals surface area contributed by atoms with Crippen molar-refractivity contribution in [1.29, 1.82) is 0 Å². The summed E-state index contributed by atoms with van der Waals surface area (Å²) in [6, 6.07) is 25.7. The summed E-state index contributed by atoms with van der Waals surface area (Å²) in [6.45, 7) is 16.4. The summed E-state index contributed by atoms with van der Waals surface area (Å²) >= 11 is 2.00. The summed E-state index contributed by atoms with van der Waals surface area (Å²) in [5, 5.41) is 6.04. The van der Waals surface area contributed by atoms with Gasteiger partial charge in [0.05, 0.1) is 0 Å². The first-order valence-electron chi connectivity index (χ1n) is 15.7. The molecule has 51 heavy (non-hydrogen) atoms. The molecule has 0 saturated heterocycles. The quantitative estimate of drug-likeness (QED) is 0.182. The molecule has 0 radical (unpaired) electrons. The third-order valence-corrected chi connectivity index (χ3v) is 10.9. The van der Waals surface area contributed by atoms with Crippen LogP contribution in [0.5, 0.6) is 0 Å². The Balaban J connectivity index is 0. The minimum Gasteiger partial charge on any atom is -1.00 e. The van der Waals surface area contributed by atoms with Crippen LogP contribution in [-0.2, 0) is 57.1 Å². The van der Waals surface area contributed by atoms with E-state index in [-0.39, 0.29) is 119 Å². The van der Waals surface area contributed by atoms with Crippen LogP contribution in [0.4, 0.5) is 0 Å². The van der Waals surface area contributed by atoms with Crippen molar-refractivity contribution in [3.63, 3.8) is 0 Å². The van der Waals surface area contributed by atoms with Crippen molar-refractivity contribution in [2.24, 2.45) is 0 Å². The number of ether oxygens (including phenoxy) is 1. The number of fused-ring (bicyclic) bond motifs is 4. The molecule has 0 N–H and O–H groups in total. The first kappa shape index (κ1) is 52.5. The minimum atomic E-state index is -0.269. The molecular weight excluding hydrogens is 921 g/mol. The second-order valence-electron chi connectivity index (χ2n) is 12.5. The SMILES string of the molecule is CC1=CC2=CC(C=[Si](C)C)SC2=C1.C[Si](C)=CC1=CC2=CCOC2=C1.Cc1cc2ccccc2[cH-]1.Cc1cc2ccccc2[cH-]1.[Cl-].[Cl-].[Cl-].[Cl-].[Zr+4].[Zr+4]. The van der Waals surface area contributed by atoms with Gasteiger partial charge < -0.3 is 54.4 Å². The molecule has 0 saturated carbocycles. The van der Waals surface area contributed by atoms with E-state index < -0.39 is 0 Å². The zero-order valence-electron chi connectivity index (χ0n) is 30.2. The van der Waals surface area contributed by atoms with Crippen LogP contribution < -0.4 is 49.6 Å². The van der Waals surface area contributed by atoms with Crippen molar-refractivity contribution >= 4 is 61.5 Å². The van der Waals surface area contributed by atoms with Gasteiger partial charge in [0.1, 0.15) is 12.4 Å². The van der Waals surface area contributed by atoms with Crippen LogP contribution in [0.2, 0.25) is 26.2 Å². The monoisotopic (exact) mass is 960 g/mol. The Hall–Kier alpha value is -0.650. The van der Waals surface area contributed by atoms with E-state index in [1.54, 1.807) is 0 Å². The Morgan fingerprint density at radius 2 is 1.25 bits per heavy atom. The second kappa shape index (κ2) is 25.4. The molecule has 8 rings (SSSR count). The molecular formula is C41H44Cl4OSSi2Zr2+2. The Morgan fingerprint density at radius 3 is 1.73 bits per heavy atom. The molecule has 0 amide bonds. The van der Waals surface area contributed by atoms with Crippen molar-refractivity contribution in [3.8, 4) is 0 Å². The maximum atomic E-state index is 5.40. The average Bonchev–Trinajstić information content (AvgIpc) is 3.79. The maximum Gasteiger partial charge on any atom is 4.00 e.